The van der Waals surface area contributed by atoms with Crippen LogP contribution in [0.1, 0.15) is 31.4 Å². The summed E-state index contributed by atoms with van der Waals surface area (Å²) in [6, 6.07) is 7.94. The van der Waals surface area contributed by atoms with Gasteiger partial charge in [-0.2, -0.15) is 5.26 Å². The third kappa shape index (κ3) is 3.93. The molecule has 148 valence electrons. The molecule has 2 rings (SSSR count). The molecule has 2 aromatic carbocycles. The number of halogens is 4. The molecule has 1 amide bonds. The van der Waals surface area contributed by atoms with E-state index in [4.69, 9.17) is 10.00 Å². The minimum absolute atomic E-state index is 0.212. The van der Waals surface area contributed by atoms with Crippen molar-refractivity contribution in [1.82, 2.24) is 0 Å². The fraction of sp³-hybridized carbons (Fsp3) is 0.300. The van der Waals surface area contributed by atoms with E-state index in [-0.39, 0.29) is 12.8 Å². The van der Waals surface area contributed by atoms with Crippen molar-refractivity contribution in [2.24, 2.45) is 5.41 Å². The molecule has 0 aliphatic heterocycles. The van der Waals surface area contributed by atoms with Gasteiger partial charge < -0.3 is 10.1 Å². The number of nitrogens with one attached hydrogen (secondary N) is 1. The Morgan fingerprint density at radius 2 is 1.64 bits per heavy atom. The Hall–Kier alpha value is -3.08. The van der Waals surface area contributed by atoms with Gasteiger partial charge in [-0.1, -0.05) is 26.0 Å². The van der Waals surface area contributed by atoms with Crippen LogP contribution in [-0.2, 0) is 11.2 Å². The molecular formula is C20H18F4N2O2. The second kappa shape index (κ2) is 8.30. The van der Waals surface area contributed by atoms with E-state index in [0.29, 0.717) is 5.75 Å². The molecule has 0 bridgehead atoms. The Morgan fingerprint density at radius 1 is 1.11 bits per heavy atom. The lowest BCUT2D eigenvalue weighted by atomic mass is 9.80. The number of hydrogen-bond donors (Lipinski definition) is 1. The maximum absolute atomic E-state index is 14.1. The molecule has 1 N–H and O–H groups in total. The van der Waals surface area contributed by atoms with E-state index in [1.165, 1.54) is 7.11 Å². The summed E-state index contributed by atoms with van der Waals surface area (Å²) in [5.74, 6) is -7.56. The minimum atomic E-state index is -1.86. The third-order valence-electron chi connectivity index (χ3n) is 4.70. The van der Waals surface area contributed by atoms with Crippen molar-refractivity contribution in [1.29, 1.82) is 5.26 Å². The number of ether oxygens (including phenoxy) is 1. The molecule has 0 heterocycles. The number of nitrogens with zero attached hydrogens (tertiary/aromatic N) is 1. The summed E-state index contributed by atoms with van der Waals surface area (Å²) in [6.45, 7) is 3.27. The van der Waals surface area contributed by atoms with Crippen molar-refractivity contribution in [3.63, 3.8) is 0 Å². The van der Waals surface area contributed by atoms with Gasteiger partial charge in [0.05, 0.1) is 12.5 Å². The fourth-order valence-corrected chi connectivity index (χ4v) is 2.66. The molecule has 0 aliphatic carbocycles. The summed E-state index contributed by atoms with van der Waals surface area (Å²) in [4.78, 5) is 12.7. The van der Waals surface area contributed by atoms with Gasteiger partial charge in [0.2, 0.25) is 5.91 Å². The zero-order chi connectivity index (χ0) is 21.1. The van der Waals surface area contributed by atoms with Crippen LogP contribution in [0, 0.1) is 40.0 Å². The molecule has 4 nitrogen and oxygen atoms in total. The highest BCUT2D eigenvalue weighted by Gasteiger charge is 2.34. The first kappa shape index (κ1) is 21.2. The highest BCUT2D eigenvalue weighted by molar-refractivity contribution is 5.95. The number of carbonyl (C=O) groups excluding carboxylic acids is 1. The lowest BCUT2D eigenvalue weighted by Crippen LogP contribution is -2.35. The zero-order valence-corrected chi connectivity index (χ0v) is 15.5. The molecule has 2 aromatic rings. The van der Waals surface area contributed by atoms with Gasteiger partial charge in [-0.25, -0.2) is 17.6 Å². The quantitative estimate of drug-likeness (QED) is 0.570. The number of amides is 1. The molecule has 0 aliphatic rings. The van der Waals surface area contributed by atoms with Crippen LogP contribution >= 0.6 is 0 Å². The van der Waals surface area contributed by atoms with Crippen LogP contribution in [0.3, 0.4) is 0 Å². The lowest BCUT2D eigenvalue weighted by molar-refractivity contribution is -0.125. The van der Waals surface area contributed by atoms with E-state index < -0.39 is 45.8 Å². The monoisotopic (exact) mass is 394 g/mol. The van der Waals surface area contributed by atoms with Gasteiger partial charge >= 0.3 is 0 Å². The maximum atomic E-state index is 14.1. The second-order valence-corrected chi connectivity index (χ2v) is 6.51. The number of carbonyl (C=O) groups is 1. The number of rotatable bonds is 6. The molecule has 0 aromatic heterocycles. The highest BCUT2D eigenvalue weighted by atomic mass is 19.2. The van der Waals surface area contributed by atoms with E-state index in [2.05, 4.69) is 0 Å². The van der Waals surface area contributed by atoms with Crippen molar-refractivity contribution in [2.75, 3.05) is 12.4 Å². The summed E-state index contributed by atoms with van der Waals surface area (Å²) in [6.07, 6.45) is 0.499. The van der Waals surface area contributed by atoms with Crippen LogP contribution < -0.4 is 10.1 Å². The largest absolute Gasteiger partial charge is 0.497 e. The van der Waals surface area contributed by atoms with Crippen LogP contribution in [0.15, 0.2) is 24.3 Å². The van der Waals surface area contributed by atoms with Crippen LogP contribution in [0.5, 0.6) is 5.75 Å². The molecule has 0 saturated carbocycles. The van der Waals surface area contributed by atoms with Crippen molar-refractivity contribution in [2.45, 2.75) is 26.7 Å². The molecular weight excluding hydrogens is 376 g/mol. The maximum Gasteiger partial charge on any atom is 0.230 e. The average molecular weight is 394 g/mol. The number of anilines is 1. The van der Waals surface area contributed by atoms with Gasteiger partial charge in [-0.3, -0.25) is 4.79 Å². The Morgan fingerprint density at radius 3 is 2.07 bits per heavy atom. The van der Waals surface area contributed by atoms with Crippen molar-refractivity contribution in [3.8, 4) is 11.8 Å². The normalized spacial score (nSPS) is 12.8. The predicted octanol–water partition coefficient (Wildman–Crippen LogP) is 4.72. The second-order valence-electron chi connectivity index (χ2n) is 6.51. The average Bonchev–Trinajstić information content (AvgIpc) is 2.70. The van der Waals surface area contributed by atoms with Crippen molar-refractivity contribution >= 4 is 11.6 Å². The fourth-order valence-electron chi connectivity index (χ4n) is 2.66. The molecule has 28 heavy (non-hydrogen) atoms. The minimum Gasteiger partial charge on any atom is -0.497 e. The van der Waals surface area contributed by atoms with Crippen LogP contribution in [-0.4, -0.2) is 13.0 Å². The van der Waals surface area contributed by atoms with Crippen LogP contribution in [0.4, 0.5) is 23.2 Å². The Labute approximate surface area is 159 Å². The van der Waals surface area contributed by atoms with Crippen LogP contribution in [0.2, 0.25) is 0 Å². The van der Waals surface area contributed by atoms with E-state index in [9.17, 15) is 22.4 Å². The zero-order valence-electron chi connectivity index (χ0n) is 15.5. The predicted molar refractivity (Wildman–Crippen MR) is 94.7 cm³/mol. The van der Waals surface area contributed by atoms with Crippen molar-refractivity contribution in [3.05, 3.63) is 58.7 Å². The molecule has 0 fully saturated rings. The summed E-state index contributed by atoms with van der Waals surface area (Å²) < 4.78 is 60.8. The van der Waals surface area contributed by atoms with Gasteiger partial charge in [0.1, 0.15) is 23.1 Å². The molecule has 0 spiro atoms. The van der Waals surface area contributed by atoms with Crippen LogP contribution in [0.25, 0.3) is 0 Å². The topological polar surface area (TPSA) is 62.1 Å². The highest BCUT2D eigenvalue weighted by Crippen LogP contribution is 2.32. The van der Waals surface area contributed by atoms with E-state index in [1.54, 1.807) is 38.1 Å². The van der Waals surface area contributed by atoms with E-state index >= 15 is 0 Å². The lowest BCUT2D eigenvalue weighted by Gasteiger charge is -2.27. The molecule has 1 unspecified atom stereocenters. The Kier molecular flexibility index (Phi) is 6.29. The van der Waals surface area contributed by atoms with Gasteiger partial charge in [-0.15, -0.1) is 0 Å². The molecule has 0 radical (unpaired) electrons. The Bertz CT molecular complexity index is 910. The summed E-state index contributed by atoms with van der Waals surface area (Å²) in [7, 11) is 1.51. The van der Waals surface area contributed by atoms with Gasteiger partial charge in [0, 0.05) is 0 Å². The standard InChI is InChI=1S/C20H18F4N2O2/c1-4-20(2,9-11-5-7-12(28-3)8-6-11)19(27)26-18-16(23)14(21)13(10-25)15(22)17(18)24/h5-8H,4,9H2,1-3H3,(H,26,27). The first-order valence-electron chi connectivity index (χ1n) is 8.39. The molecule has 1 atom stereocenters. The first-order chi connectivity index (χ1) is 13.2. The third-order valence-corrected chi connectivity index (χ3v) is 4.70. The van der Waals surface area contributed by atoms with E-state index in [0.717, 1.165) is 11.6 Å². The van der Waals surface area contributed by atoms with Gasteiger partial charge in [0.15, 0.2) is 23.3 Å². The molecule has 0 saturated heterocycles. The first-order valence-corrected chi connectivity index (χ1v) is 8.39. The molecule has 8 heteroatoms. The Balaban J connectivity index is 2.34. The number of nitriles is 1. The number of methoxy groups -OCH3 is 1. The summed E-state index contributed by atoms with van der Waals surface area (Å²) in [5.41, 5.74) is -3.00. The summed E-state index contributed by atoms with van der Waals surface area (Å²) >= 11 is 0. The summed E-state index contributed by atoms with van der Waals surface area (Å²) in [5, 5.41) is 10.6. The van der Waals surface area contributed by atoms with Crippen molar-refractivity contribution < 1.29 is 27.1 Å². The van der Waals surface area contributed by atoms with E-state index in [1.807, 2.05) is 5.32 Å². The number of benzene rings is 2. The van der Waals surface area contributed by atoms with Gasteiger partial charge in [0.25, 0.3) is 0 Å². The SMILES string of the molecule is CCC(C)(Cc1ccc(OC)cc1)C(=O)Nc1c(F)c(F)c(C#N)c(F)c1F. The number of hydrogen-bond acceptors (Lipinski definition) is 3. The smallest absolute Gasteiger partial charge is 0.230 e. The van der Waals surface area contributed by atoms with Gasteiger partial charge in [-0.05, 0) is 30.5 Å².